The summed E-state index contributed by atoms with van der Waals surface area (Å²) in [4.78, 5) is 14.9. The van der Waals surface area contributed by atoms with E-state index in [4.69, 9.17) is 4.74 Å². The number of hydrogen-bond acceptors (Lipinski definition) is 5. The lowest BCUT2D eigenvalue weighted by Gasteiger charge is -2.34. The van der Waals surface area contributed by atoms with Crippen LogP contribution in [0.5, 0.6) is 0 Å². The van der Waals surface area contributed by atoms with Gasteiger partial charge in [-0.05, 0) is 81.8 Å². The molecule has 3 aromatic carbocycles. The molecule has 0 bridgehead atoms. The number of sulfonamides is 1. The summed E-state index contributed by atoms with van der Waals surface area (Å²) in [7, 11) is -3.80. The number of anilines is 2. The molecule has 1 aliphatic heterocycles. The summed E-state index contributed by atoms with van der Waals surface area (Å²) in [5, 5.41) is 1.78. The Labute approximate surface area is 208 Å². The van der Waals surface area contributed by atoms with Gasteiger partial charge in [0.2, 0.25) is 0 Å². The number of hydrogen-bond donors (Lipinski definition) is 1. The Morgan fingerprint density at radius 1 is 1.03 bits per heavy atom. The zero-order valence-corrected chi connectivity index (χ0v) is 22.0. The average Bonchev–Trinajstić information content (AvgIpc) is 2.83. The van der Waals surface area contributed by atoms with Crippen molar-refractivity contribution >= 4 is 38.1 Å². The minimum Gasteiger partial charge on any atom is -0.466 e. The van der Waals surface area contributed by atoms with Crippen LogP contribution in [0, 0.1) is 33.6 Å². The second-order valence-electron chi connectivity index (χ2n) is 9.41. The maximum Gasteiger partial charge on any atom is 0.310 e. The van der Waals surface area contributed by atoms with Gasteiger partial charge in [0.05, 0.1) is 23.1 Å². The first-order valence-electron chi connectivity index (χ1n) is 12.2. The van der Waals surface area contributed by atoms with E-state index in [9.17, 15) is 13.2 Å². The molecule has 0 saturated carbocycles. The molecule has 3 aromatic rings. The van der Waals surface area contributed by atoms with Crippen LogP contribution < -0.4 is 9.62 Å². The minimum atomic E-state index is -3.80. The third-order valence-corrected chi connectivity index (χ3v) is 8.73. The van der Waals surface area contributed by atoms with Crippen LogP contribution in [0.4, 0.5) is 11.4 Å². The smallest absolute Gasteiger partial charge is 0.310 e. The van der Waals surface area contributed by atoms with Crippen molar-refractivity contribution in [3.05, 3.63) is 64.7 Å². The number of benzene rings is 3. The van der Waals surface area contributed by atoms with E-state index in [1.54, 1.807) is 0 Å². The first-order chi connectivity index (χ1) is 16.6. The van der Waals surface area contributed by atoms with E-state index >= 15 is 0 Å². The maximum absolute atomic E-state index is 13.6. The lowest BCUT2D eigenvalue weighted by molar-refractivity contribution is -0.148. The van der Waals surface area contributed by atoms with Gasteiger partial charge in [0, 0.05) is 29.5 Å². The van der Waals surface area contributed by atoms with E-state index in [-0.39, 0.29) is 11.9 Å². The highest BCUT2D eigenvalue weighted by Crippen LogP contribution is 2.36. The van der Waals surface area contributed by atoms with Gasteiger partial charge in [-0.3, -0.25) is 9.52 Å². The highest BCUT2D eigenvalue weighted by Gasteiger charge is 2.28. The third kappa shape index (κ3) is 4.87. The fourth-order valence-electron chi connectivity index (χ4n) is 5.08. The van der Waals surface area contributed by atoms with Crippen LogP contribution in [0.25, 0.3) is 10.8 Å². The predicted molar refractivity (Wildman–Crippen MR) is 142 cm³/mol. The highest BCUT2D eigenvalue weighted by molar-refractivity contribution is 7.92. The number of nitrogens with one attached hydrogen (secondary N) is 1. The Bertz CT molecular complexity index is 1360. The molecule has 1 aliphatic rings. The second-order valence-corrected chi connectivity index (χ2v) is 11.0. The Hall–Kier alpha value is -3.06. The first kappa shape index (κ1) is 25.0. The molecule has 1 fully saturated rings. The lowest BCUT2D eigenvalue weighted by atomic mass is 9.96. The SMILES string of the molecule is CCOC(=O)[C@@H]1CCCN(c2ccc(NS(=O)(=O)c3c(C)c(C)cc(C)c3C)c3ccccc23)C1. The Kier molecular flexibility index (Phi) is 7.08. The zero-order chi connectivity index (χ0) is 25.3. The molecule has 7 heteroatoms. The van der Waals surface area contributed by atoms with Crippen LogP contribution in [-0.2, 0) is 19.6 Å². The largest absolute Gasteiger partial charge is 0.466 e. The molecule has 0 aromatic heterocycles. The van der Waals surface area contributed by atoms with Crippen molar-refractivity contribution in [1.82, 2.24) is 0 Å². The van der Waals surface area contributed by atoms with Gasteiger partial charge in [-0.15, -0.1) is 0 Å². The van der Waals surface area contributed by atoms with Crippen LogP contribution in [-0.4, -0.2) is 34.1 Å². The zero-order valence-electron chi connectivity index (χ0n) is 21.1. The van der Waals surface area contributed by atoms with E-state index in [0.29, 0.717) is 23.7 Å². The van der Waals surface area contributed by atoms with E-state index in [1.165, 1.54) is 0 Å². The summed E-state index contributed by atoms with van der Waals surface area (Å²) in [6.07, 6.45) is 1.72. The van der Waals surface area contributed by atoms with Gasteiger partial charge >= 0.3 is 5.97 Å². The summed E-state index contributed by atoms with van der Waals surface area (Å²) in [5.74, 6) is -0.304. The molecule has 0 unspecified atom stereocenters. The van der Waals surface area contributed by atoms with Crippen molar-refractivity contribution in [3.8, 4) is 0 Å². The van der Waals surface area contributed by atoms with Gasteiger partial charge in [0.25, 0.3) is 10.0 Å². The highest BCUT2D eigenvalue weighted by atomic mass is 32.2. The summed E-state index contributed by atoms with van der Waals surface area (Å²) < 4.78 is 35.3. The number of rotatable bonds is 6. The molecule has 0 amide bonds. The molecular formula is C28H34N2O4S. The molecule has 1 saturated heterocycles. The number of piperidine rings is 1. The summed E-state index contributed by atoms with van der Waals surface area (Å²) in [6.45, 7) is 11.2. The number of carbonyl (C=O) groups excluding carboxylic acids is 1. The third-order valence-electron chi connectivity index (χ3n) is 7.09. The molecule has 1 N–H and O–H groups in total. The average molecular weight is 495 g/mol. The van der Waals surface area contributed by atoms with Crippen LogP contribution >= 0.6 is 0 Å². The Morgan fingerprint density at radius 3 is 2.34 bits per heavy atom. The fourth-order valence-corrected chi connectivity index (χ4v) is 6.77. The Balaban J connectivity index is 1.72. The molecule has 0 spiro atoms. The number of aryl methyl sites for hydroxylation is 2. The molecule has 6 nitrogen and oxygen atoms in total. The van der Waals surface area contributed by atoms with E-state index < -0.39 is 10.0 Å². The number of fused-ring (bicyclic) bond motifs is 1. The Morgan fingerprint density at radius 2 is 1.69 bits per heavy atom. The number of ether oxygens (including phenoxy) is 1. The molecule has 186 valence electrons. The molecular weight excluding hydrogens is 460 g/mol. The lowest BCUT2D eigenvalue weighted by Crippen LogP contribution is -2.39. The molecule has 0 aliphatic carbocycles. The van der Waals surface area contributed by atoms with Crippen LogP contribution in [0.1, 0.15) is 42.0 Å². The molecule has 0 radical (unpaired) electrons. The fraction of sp³-hybridized carbons (Fsp3) is 0.393. The van der Waals surface area contributed by atoms with Crippen molar-refractivity contribution in [1.29, 1.82) is 0 Å². The first-order valence-corrected chi connectivity index (χ1v) is 13.7. The second kappa shape index (κ2) is 9.90. The van der Waals surface area contributed by atoms with E-state index in [2.05, 4.69) is 9.62 Å². The normalized spacial score (nSPS) is 16.4. The quantitative estimate of drug-likeness (QED) is 0.448. The monoisotopic (exact) mass is 494 g/mol. The van der Waals surface area contributed by atoms with Crippen LogP contribution in [0.15, 0.2) is 47.4 Å². The summed E-state index contributed by atoms with van der Waals surface area (Å²) >= 11 is 0. The van der Waals surface area contributed by atoms with Gasteiger partial charge in [0.15, 0.2) is 0 Å². The summed E-state index contributed by atoms with van der Waals surface area (Å²) in [6, 6.07) is 13.6. The van der Waals surface area contributed by atoms with Crippen molar-refractivity contribution < 1.29 is 17.9 Å². The minimum absolute atomic E-state index is 0.148. The standard InChI is InChI=1S/C28H34N2O4S/c1-6-34-28(31)22-10-9-15-30(17-22)26-14-13-25(23-11-7-8-12-24(23)26)29-35(32,33)27-20(4)18(2)16-19(3)21(27)5/h7-8,11-14,16,22,29H,6,9-10,15,17H2,1-5H3/t22-/m1/s1. The summed E-state index contributed by atoms with van der Waals surface area (Å²) in [5.41, 5.74) is 4.97. The van der Waals surface area contributed by atoms with Crippen molar-refractivity contribution in [2.24, 2.45) is 5.92 Å². The van der Waals surface area contributed by atoms with E-state index in [1.807, 2.05) is 77.1 Å². The van der Waals surface area contributed by atoms with Gasteiger partial charge in [0.1, 0.15) is 0 Å². The van der Waals surface area contributed by atoms with Gasteiger partial charge in [-0.2, -0.15) is 0 Å². The maximum atomic E-state index is 13.6. The van der Waals surface area contributed by atoms with Gasteiger partial charge in [-0.1, -0.05) is 30.3 Å². The number of carbonyl (C=O) groups is 1. The van der Waals surface area contributed by atoms with E-state index in [0.717, 1.165) is 58.1 Å². The topological polar surface area (TPSA) is 75.7 Å². The van der Waals surface area contributed by atoms with Crippen molar-refractivity contribution in [3.63, 3.8) is 0 Å². The number of nitrogens with zero attached hydrogens (tertiary/aromatic N) is 1. The predicted octanol–water partition coefficient (Wildman–Crippen LogP) is 5.65. The van der Waals surface area contributed by atoms with Gasteiger partial charge in [-0.25, -0.2) is 8.42 Å². The molecule has 35 heavy (non-hydrogen) atoms. The van der Waals surface area contributed by atoms with Gasteiger partial charge < -0.3 is 9.64 Å². The molecule has 4 rings (SSSR count). The van der Waals surface area contributed by atoms with Crippen LogP contribution in [0.3, 0.4) is 0 Å². The van der Waals surface area contributed by atoms with Crippen molar-refractivity contribution in [2.75, 3.05) is 29.3 Å². The molecule has 1 atom stereocenters. The van der Waals surface area contributed by atoms with Crippen molar-refractivity contribution in [2.45, 2.75) is 52.4 Å². The van der Waals surface area contributed by atoms with Crippen LogP contribution in [0.2, 0.25) is 0 Å². The molecule has 1 heterocycles. The number of esters is 1.